The van der Waals surface area contributed by atoms with Crippen LogP contribution in [-0.4, -0.2) is 29.6 Å². The fourth-order valence-corrected chi connectivity index (χ4v) is 0.341. The topological polar surface area (TPSA) is 92.4 Å². The maximum absolute atomic E-state index is 10.3. The number of carboxylic acids is 1. The van der Waals surface area contributed by atoms with Crippen LogP contribution in [0.4, 0.5) is 0 Å². The van der Waals surface area contributed by atoms with Crippen LogP contribution in [-0.2, 0) is 9.59 Å². The molecule has 0 saturated carbocycles. The number of hydrogen-bond donors (Lipinski definition) is 3. The van der Waals surface area contributed by atoms with E-state index in [1.165, 1.54) is 6.92 Å². The SMILES string of the molecule is C[C@H](NCC(=O)O)C(N)=O. The van der Waals surface area contributed by atoms with Gasteiger partial charge in [0.05, 0.1) is 12.6 Å². The first-order valence-corrected chi connectivity index (χ1v) is 2.78. The molecular weight excluding hydrogens is 136 g/mol. The summed E-state index contributed by atoms with van der Waals surface area (Å²) in [4.78, 5) is 20.2. The van der Waals surface area contributed by atoms with Crippen LogP contribution < -0.4 is 11.1 Å². The number of aliphatic carboxylic acids is 1. The standard InChI is InChI=1S/C5H10N2O3/c1-3(5(6)10)7-2-4(8)9/h3,7H,2H2,1H3,(H2,6,10)(H,8,9)/t3-/m0/s1. The number of primary amides is 1. The van der Waals surface area contributed by atoms with Crippen molar-refractivity contribution in [2.45, 2.75) is 13.0 Å². The highest BCUT2D eigenvalue weighted by atomic mass is 16.4. The van der Waals surface area contributed by atoms with E-state index in [2.05, 4.69) is 5.32 Å². The normalized spacial score (nSPS) is 12.5. The molecule has 0 rings (SSSR count). The monoisotopic (exact) mass is 146 g/mol. The van der Waals surface area contributed by atoms with Crippen molar-refractivity contribution in [3.63, 3.8) is 0 Å². The van der Waals surface area contributed by atoms with Crippen molar-refractivity contribution in [1.82, 2.24) is 5.32 Å². The van der Waals surface area contributed by atoms with Gasteiger partial charge in [-0.15, -0.1) is 0 Å². The Labute approximate surface area is 58.2 Å². The minimum atomic E-state index is -1.01. The van der Waals surface area contributed by atoms with Crippen LogP contribution in [0.1, 0.15) is 6.92 Å². The van der Waals surface area contributed by atoms with E-state index in [0.29, 0.717) is 0 Å². The number of nitrogens with two attached hydrogens (primary N) is 1. The van der Waals surface area contributed by atoms with E-state index < -0.39 is 17.9 Å². The zero-order valence-electron chi connectivity index (χ0n) is 5.63. The van der Waals surface area contributed by atoms with Crippen molar-refractivity contribution in [3.05, 3.63) is 0 Å². The molecule has 1 atom stereocenters. The molecule has 1 amide bonds. The molecule has 10 heavy (non-hydrogen) atoms. The van der Waals surface area contributed by atoms with Crippen molar-refractivity contribution in [3.8, 4) is 0 Å². The number of carbonyl (C=O) groups is 2. The van der Waals surface area contributed by atoms with E-state index in [1.54, 1.807) is 0 Å². The number of carboxylic acid groups (broad SMARTS) is 1. The van der Waals surface area contributed by atoms with Gasteiger partial charge in [0.25, 0.3) is 0 Å². The van der Waals surface area contributed by atoms with Gasteiger partial charge in [-0.3, -0.25) is 14.9 Å². The van der Waals surface area contributed by atoms with E-state index in [1.807, 2.05) is 0 Å². The lowest BCUT2D eigenvalue weighted by Gasteiger charge is -2.05. The maximum atomic E-state index is 10.3. The lowest BCUT2D eigenvalue weighted by atomic mass is 10.3. The van der Waals surface area contributed by atoms with Crippen molar-refractivity contribution < 1.29 is 14.7 Å². The molecule has 5 nitrogen and oxygen atoms in total. The third-order valence-electron chi connectivity index (χ3n) is 0.986. The predicted octanol–water partition coefficient (Wildman–Crippen LogP) is -1.47. The summed E-state index contributed by atoms with van der Waals surface area (Å²) < 4.78 is 0. The smallest absolute Gasteiger partial charge is 0.317 e. The van der Waals surface area contributed by atoms with Crippen LogP contribution in [0.3, 0.4) is 0 Å². The Morgan fingerprint density at radius 3 is 2.50 bits per heavy atom. The average Bonchev–Trinajstić information content (AvgIpc) is 1.82. The number of rotatable bonds is 4. The van der Waals surface area contributed by atoms with Gasteiger partial charge in [-0.2, -0.15) is 0 Å². The molecule has 58 valence electrons. The highest BCUT2D eigenvalue weighted by Gasteiger charge is 2.07. The molecule has 0 aliphatic heterocycles. The molecule has 4 N–H and O–H groups in total. The van der Waals surface area contributed by atoms with E-state index in [4.69, 9.17) is 10.8 Å². The summed E-state index contributed by atoms with van der Waals surface area (Å²) in [6, 6.07) is -0.587. The van der Waals surface area contributed by atoms with Gasteiger partial charge in [0.2, 0.25) is 5.91 Å². The van der Waals surface area contributed by atoms with Crippen molar-refractivity contribution >= 4 is 11.9 Å². The number of amides is 1. The van der Waals surface area contributed by atoms with Crippen LogP contribution in [0, 0.1) is 0 Å². The van der Waals surface area contributed by atoms with Gasteiger partial charge in [0, 0.05) is 0 Å². The van der Waals surface area contributed by atoms with Crippen molar-refractivity contribution in [2.24, 2.45) is 5.73 Å². The van der Waals surface area contributed by atoms with E-state index in [9.17, 15) is 9.59 Å². The molecule has 0 aromatic heterocycles. The lowest BCUT2D eigenvalue weighted by molar-refractivity contribution is -0.136. The van der Waals surface area contributed by atoms with Crippen molar-refractivity contribution in [2.75, 3.05) is 6.54 Å². The summed E-state index contributed by atoms with van der Waals surface area (Å²) in [5.41, 5.74) is 4.83. The molecule has 0 unspecified atom stereocenters. The Morgan fingerprint density at radius 1 is 1.70 bits per heavy atom. The van der Waals surface area contributed by atoms with E-state index >= 15 is 0 Å². The lowest BCUT2D eigenvalue weighted by Crippen LogP contribution is -2.41. The molecule has 5 heteroatoms. The molecular formula is C5H10N2O3. The minimum absolute atomic E-state index is 0.246. The summed E-state index contributed by atoms with van der Waals surface area (Å²) in [5.74, 6) is -1.56. The highest BCUT2D eigenvalue weighted by Crippen LogP contribution is 1.76. The van der Waals surface area contributed by atoms with Gasteiger partial charge in [-0.05, 0) is 6.92 Å². The quantitative estimate of drug-likeness (QED) is 0.451. The molecule has 0 aliphatic carbocycles. The summed E-state index contributed by atoms with van der Waals surface area (Å²) in [6.07, 6.45) is 0. The molecule has 0 heterocycles. The Kier molecular flexibility index (Phi) is 3.42. The number of carbonyl (C=O) groups excluding carboxylic acids is 1. The fraction of sp³-hybridized carbons (Fsp3) is 0.600. The van der Waals surface area contributed by atoms with Crippen LogP contribution >= 0.6 is 0 Å². The molecule has 0 bridgehead atoms. The second kappa shape index (κ2) is 3.84. The largest absolute Gasteiger partial charge is 0.480 e. The van der Waals surface area contributed by atoms with Crippen LogP contribution in [0.25, 0.3) is 0 Å². The third-order valence-corrected chi connectivity index (χ3v) is 0.986. The Balaban J connectivity index is 3.49. The molecule has 0 fully saturated rings. The summed E-state index contributed by atoms with van der Waals surface area (Å²) in [7, 11) is 0. The number of hydrogen-bond acceptors (Lipinski definition) is 3. The molecule has 0 aromatic carbocycles. The van der Waals surface area contributed by atoms with Gasteiger partial charge < -0.3 is 10.8 Å². The second-order valence-electron chi connectivity index (χ2n) is 1.90. The minimum Gasteiger partial charge on any atom is -0.480 e. The van der Waals surface area contributed by atoms with Crippen molar-refractivity contribution in [1.29, 1.82) is 0 Å². The predicted molar refractivity (Wildman–Crippen MR) is 34.3 cm³/mol. The van der Waals surface area contributed by atoms with Gasteiger partial charge >= 0.3 is 5.97 Å². The summed E-state index contributed by atoms with van der Waals surface area (Å²) >= 11 is 0. The molecule has 0 aromatic rings. The van der Waals surface area contributed by atoms with E-state index in [-0.39, 0.29) is 6.54 Å². The molecule has 0 spiro atoms. The Morgan fingerprint density at radius 2 is 2.20 bits per heavy atom. The third kappa shape index (κ3) is 3.85. The average molecular weight is 146 g/mol. The first kappa shape index (κ1) is 8.90. The Bertz CT molecular complexity index is 146. The Hall–Kier alpha value is -1.10. The van der Waals surface area contributed by atoms with Gasteiger partial charge in [-0.25, -0.2) is 0 Å². The molecule has 0 saturated heterocycles. The van der Waals surface area contributed by atoms with E-state index in [0.717, 1.165) is 0 Å². The first-order valence-electron chi connectivity index (χ1n) is 2.78. The zero-order valence-corrected chi connectivity index (χ0v) is 5.63. The summed E-state index contributed by atoms with van der Waals surface area (Å²) in [6.45, 7) is 1.26. The highest BCUT2D eigenvalue weighted by molar-refractivity contribution is 5.80. The van der Waals surface area contributed by atoms with Crippen LogP contribution in [0.2, 0.25) is 0 Å². The molecule has 0 aliphatic rings. The second-order valence-corrected chi connectivity index (χ2v) is 1.90. The van der Waals surface area contributed by atoms with Crippen LogP contribution in [0.5, 0.6) is 0 Å². The zero-order chi connectivity index (χ0) is 8.15. The van der Waals surface area contributed by atoms with Crippen LogP contribution in [0.15, 0.2) is 0 Å². The number of nitrogens with one attached hydrogen (secondary N) is 1. The summed E-state index contributed by atoms with van der Waals surface area (Å²) in [5, 5.41) is 10.5. The van der Waals surface area contributed by atoms with Gasteiger partial charge in [0.1, 0.15) is 0 Å². The maximum Gasteiger partial charge on any atom is 0.317 e. The first-order chi connectivity index (χ1) is 4.54. The molecule has 0 radical (unpaired) electrons. The van der Waals surface area contributed by atoms with Gasteiger partial charge in [-0.1, -0.05) is 0 Å². The fourth-order valence-electron chi connectivity index (χ4n) is 0.341. The van der Waals surface area contributed by atoms with Gasteiger partial charge in [0.15, 0.2) is 0 Å².